The molecule has 39 heavy (non-hydrogen) atoms. The summed E-state index contributed by atoms with van der Waals surface area (Å²) in [6.45, 7) is 3.78. The summed E-state index contributed by atoms with van der Waals surface area (Å²) in [7, 11) is 3.52. The SMILES string of the molecule is CCN(C)CCN1C(=O)[C@@H](OC(=O)c2ccc(Cl)cc2[N+](=O)[O-])[C@@H](c2ccc(OC)cc2)Sc2ccccc21. The number of benzene rings is 3. The second kappa shape index (κ2) is 12.5. The molecule has 11 heteroatoms. The number of amides is 1. The first-order valence-corrected chi connectivity index (χ1v) is 13.5. The summed E-state index contributed by atoms with van der Waals surface area (Å²) < 4.78 is 11.2. The normalized spacial score (nSPS) is 16.9. The Labute approximate surface area is 235 Å². The summed E-state index contributed by atoms with van der Waals surface area (Å²) in [6.07, 6.45) is -1.27. The second-order valence-corrected chi connectivity index (χ2v) is 10.5. The van der Waals surface area contributed by atoms with E-state index in [1.54, 1.807) is 24.1 Å². The number of nitrogens with zero attached hydrogens (tertiary/aromatic N) is 3. The maximum absolute atomic E-state index is 14.2. The number of likely N-dealkylation sites (N-methyl/N-ethyl adjacent to an activating group) is 1. The third kappa shape index (κ3) is 6.35. The average Bonchev–Trinajstić information content (AvgIpc) is 3.05. The molecule has 0 spiro atoms. The summed E-state index contributed by atoms with van der Waals surface area (Å²) in [5.41, 5.74) is 0.674. The summed E-state index contributed by atoms with van der Waals surface area (Å²) in [5, 5.41) is 11.1. The van der Waals surface area contributed by atoms with Gasteiger partial charge in [-0.3, -0.25) is 14.9 Å². The molecular formula is C28H28ClN3O6S. The fourth-order valence-corrected chi connectivity index (χ4v) is 5.68. The number of halogens is 1. The lowest BCUT2D eigenvalue weighted by molar-refractivity contribution is -0.385. The fraction of sp³-hybridized carbons (Fsp3) is 0.286. The van der Waals surface area contributed by atoms with Crippen LogP contribution in [-0.2, 0) is 9.53 Å². The zero-order valence-corrected chi connectivity index (χ0v) is 23.3. The third-order valence-electron chi connectivity index (χ3n) is 6.49. The van der Waals surface area contributed by atoms with Crippen molar-refractivity contribution in [1.82, 2.24) is 4.90 Å². The zero-order chi connectivity index (χ0) is 28.1. The topological polar surface area (TPSA) is 102 Å². The Morgan fingerprint density at radius 3 is 2.54 bits per heavy atom. The highest BCUT2D eigenvalue weighted by Gasteiger charge is 2.42. The maximum Gasteiger partial charge on any atom is 0.346 e. The summed E-state index contributed by atoms with van der Waals surface area (Å²) >= 11 is 7.34. The Morgan fingerprint density at radius 2 is 1.87 bits per heavy atom. The predicted octanol–water partition coefficient (Wildman–Crippen LogP) is 5.61. The molecule has 1 amide bonds. The maximum atomic E-state index is 14.2. The van der Waals surface area contributed by atoms with Crippen molar-refractivity contribution < 1.29 is 24.0 Å². The van der Waals surface area contributed by atoms with Crippen molar-refractivity contribution in [2.75, 3.05) is 38.7 Å². The number of hydrogen-bond donors (Lipinski definition) is 0. The number of nitro groups is 1. The van der Waals surface area contributed by atoms with Crippen molar-refractivity contribution in [3.63, 3.8) is 0 Å². The van der Waals surface area contributed by atoms with Crippen LogP contribution < -0.4 is 9.64 Å². The largest absolute Gasteiger partial charge is 0.497 e. The van der Waals surface area contributed by atoms with Crippen LogP contribution in [0.1, 0.15) is 28.1 Å². The number of anilines is 1. The Kier molecular flexibility index (Phi) is 9.11. The molecule has 1 aliphatic rings. The van der Waals surface area contributed by atoms with Gasteiger partial charge in [-0.05, 0) is 55.6 Å². The molecule has 0 bridgehead atoms. The lowest BCUT2D eigenvalue weighted by Crippen LogP contribution is -2.45. The third-order valence-corrected chi connectivity index (χ3v) is 8.10. The van der Waals surface area contributed by atoms with E-state index in [0.29, 0.717) is 24.5 Å². The van der Waals surface area contributed by atoms with Crippen LogP contribution >= 0.6 is 23.4 Å². The van der Waals surface area contributed by atoms with Crippen LogP contribution in [0.2, 0.25) is 5.02 Å². The van der Waals surface area contributed by atoms with Crippen molar-refractivity contribution in [2.24, 2.45) is 0 Å². The van der Waals surface area contributed by atoms with Crippen LogP contribution in [0.3, 0.4) is 0 Å². The highest BCUT2D eigenvalue weighted by Crippen LogP contribution is 2.47. The van der Waals surface area contributed by atoms with Crippen LogP contribution in [-0.4, -0.2) is 61.6 Å². The van der Waals surface area contributed by atoms with E-state index < -0.39 is 33.8 Å². The van der Waals surface area contributed by atoms with Crippen LogP contribution in [0.5, 0.6) is 5.75 Å². The minimum Gasteiger partial charge on any atom is -0.497 e. The number of para-hydroxylation sites is 1. The molecule has 0 aliphatic carbocycles. The summed E-state index contributed by atoms with van der Waals surface area (Å²) in [4.78, 5) is 43.1. The van der Waals surface area contributed by atoms with E-state index in [1.165, 1.54) is 23.9 Å². The number of methoxy groups -OCH3 is 1. The summed E-state index contributed by atoms with van der Waals surface area (Å²) in [5.74, 6) is -0.756. The molecule has 2 atom stereocenters. The van der Waals surface area contributed by atoms with Gasteiger partial charge in [-0.1, -0.05) is 42.8 Å². The summed E-state index contributed by atoms with van der Waals surface area (Å²) in [6, 6.07) is 18.4. The second-order valence-electron chi connectivity index (χ2n) is 8.91. The Morgan fingerprint density at radius 1 is 1.15 bits per heavy atom. The lowest BCUT2D eigenvalue weighted by Gasteiger charge is -2.29. The first kappa shape index (κ1) is 28.4. The molecule has 4 rings (SSSR count). The molecule has 0 radical (unpaired) electrons. The van der Waals surface area contributed by atoms with Gasteiger partial charge in [-0.25, -0.2) is 4.79 Å². The fourth-order valence-electron chi connectivity index (χ4n) is 4.20. The minimum absolute atomic E-state index is 0.108. The van der Waals surface area contributed by atoms with Crippen molar-refractivity contribution >= 4 is 46.6 Å². The van der Waals surface area contributed by atoms with Gasteiger partial charge in [-0.15, -0.1) is 11.8 Å². The van der Waals surface area contributed by atoms with Crippen molar-refractivity contribution in [3.05, 3.63) is 93.0 Å². The Hall–Kier alpha value is -3.60. The molecular weight excluding hydrogens is 542 g/mol. The molecule has 9 nitrogen and oxygen atoms in total. The van der Waals surface area contributed by atoms with E-state index in [9.17, 15) is 19.7 Å². The van der Waals surface area contributed by atoms with Gasteiger partial charge in [0.25, 0.3) is 11.6 Å². The number of carbonyl (C=O) groups is 2. The molecule has 1 heterocycles. The molecule has 0 unspecified atom stereocenters. The number of esters is 1. The highest BCUT2D eigenvalue weighted by atomic mass is 35.5. The van der Waals surface area contributed by atoms with Gasteiger partial charge >= 0.3 is 5.97 Å². The van der Waals surface area contributed by atoms with Crippen LogP contribution in [0.15, 0.2) is 71.6 Å². The number of hydrogen-bond acceptors (Lipinski definition) is 8. The molecule has 3 aromatic carbocycles. The monoisotopic (exact) mass is 569 g/mol. The standard InChI is InChI=1S/C28H28ClN3O6S/c1-4-30(2)15-16-31-22-7-5-6-8-24(22)39-26(18-9-12-20(37-3)13-10-18)25(27(31)33)38-28(34)21-14-11-19(29)17-23(21)32(35)36/h5-14,17,25-26H,4,15-16H2,1-3H3/t25-,26+/m0/s1. The van der Waals surface area contributed by atoms with Gasteiger partial charge in [0.1, 0.15) is 11.3 Å². The van der Waals surface area contributed by atoms with Gasteiger partial charge in [0.15, 0.2) is 6.10 Å². The van der Waals surface area contributed by atoms with Gasteiger partial charge < -0.3 is 19.3 Å². The number of ether oxygens (including phenoxy) is 2. The Bertz CT molecular complexity index is 1370. The van der Waals surface area contributed by atoms with Gasteiger partial charge in [-0.2, -0.15) is 0 Å². The lowest BCUT2D eigenvalue weighted by atomic mass is 10.0. The number of rotatable bonds is 9. The molecule has 1 aliphatic heterocycles. The van der Waals surface area contributed by atoms with E-state index in [-0.39, 0.29) is 10.6 Å². The van der Waals surface area contributed by atoms with Gasteiger partial charge in [0, 0.05) is 29.1 Å². The van der Waals surface area contributed by atoms with E-state index in [4.69, 9.17) is 21.1 Å². The predicted molar refractivity (Wildman–Crippen MR) is 151 cm³/mol. The van der Waals surface area contributed by atoms with Gasteiger partial charge in [0.2, 0.25) is 0 Å². The van der Waals surface area contributed by atoms with Gasteiger partial charge in [0.05, 0.1) is 23.0 Å². The van der Waals surface area contributed by atoms with Crippen LogP contribution in [0.4, 0.5) is 11.4 Å². The number of nitro benzene ring substituents is 1. The first-order chi connectivity index (χ1) is 18.7. The first-order valence-electron chi connectivity index (χ1n) is 12.3. The van der Waals surface area contributed by atoms with Crippen molar-refractivity contribution in [3.8, 4) is 5.75 Å². The van der Waals surface area contributed by atoms with Crippen LogP contribution in [0, 0.1) is 10.1 Å². The smallest absolute Gasteiger partial charge is 0.346 e. The molecule has 0 aromatic heterocycles. The highest BCUT2D eigenvalue weighted by molar-refractivity contribution is 7.99. The van der Waals surface area contributed by atoms with E-state index in [0.717, 1.165) is 23.1 Å². The zero-order valence-electron chi connectivity index (χ0n) is 21.7. The van der Waals surface area contributed by atoms with Crippen LogP contribution in [0.25, 0.3) is 0 Å². The van der Waals surface area contributed by atoms with Crippen molar-refractivity contribution in [2.45, 2.75) is 23.2 Å². The number of thioether (sulfide) groups is 1. The number of carbonyl (C=O) groups excluding carboxylic acids is 2. The molecule has 0 N–H and O–H groups in total. The molecule has 3 aromatic rings. The number of fused-ring (bicyclic) bond motifs is 1. The van der Waals surface area contributed by atoms with E-state index in [2.05, 4.69) is 4.90 Å². The quantitative estimate of drug-likeness (QED) is 0.186. The molecule has 0 fully saturated rings. The van der Waals surface area contributed by atoms with E-state index in [1.807, 2.05) is 50.4 Å². The van der Waals surface area contributed by atoms with Crippen molar-refractivity contribution in [1.29, 1.82) is 0 Å². The molecule has 204 valence electrons. The van der Waals surface area contributed by atoms with E-state index >= 15 is 0 Å². The molecule has 0 saturated carbocycles. The molecule has 0 saturated heterocycles. The Balaban J connectivity index is 1.79. The minimum atomic E-state index is -1.27. The average molecular weight is 570 g/mol.